The average Bonchev–Trinajstić information content (AvgIpc) is 3.00. The van der Waals surface area contributed by atoms with E-state index in [9.17, 15) is 4.79 Å². The first-order valence-electron chi connectivity index (χ1n) is 6.50. The molecule has 1 amide bonds. The fourth-order valence-electron chi connectivity index (χ4n) is 3.16. The van der Waals surface area contributed by atoms with Gasteiger partial charge in [-0.25, -0.2) is 9.97 Å². The van der Waals surface area contributed by atoms with Gasteiger partial charge in [0.15, 0.2) is 5.16 Å². The topological polar surface area (TPSA) is 54.9 Å². The van der Waals surface area contributed by atoms with Crippen LogP contribution in [0.4, 0.5) is 0 Å². The molecule has 3 rings (SSSR count). The normalized spacial score (nSPS) is 29.4. The third kappa shape index (κ3) is 2.66. The number of carbonyl (C=O) groups is 1. The van der Waals surface area contributed by atoms with E-state index in [0.717, 1.165) is 11.8 Å². The third-order valence-corrected chi connectivity index (χ3v) is 4.83. The van der Waals surface area contributed by atoms with E-state index in [-0.39, 0.29) is 5.91 Å². The number of rotatable bonds is 4. The molecule has 0 aliphatic heterocycles. The zero-order valence-corrected chi connectivity index (χ0v) is 11.0. The van der Waals surface area contributed by atoms with Gasteiger partial charge in [-0.3, -0.25) is 4.79 Å². The van der Waals surface area contributed by atoms with E-state index in [4.69, 9.17) is 0 Å². The first-order valence-corrected chi connectivity index (χ1v) is 7.49. The quantitative estimate of drug-likeness (QED) is 0.665. The lowest BCUT2D eigenvalue weighted by Gasteiger charge is -2.22. The van der Waals surface area contributed by atoms with Crippen LogP contribution in [0.3, 0.4) is 0 Å². The van der Waals surface area contributed by atoms with Gasteiger partial charge in [0, 0.05) is 18.4 Å². The van der Waals surface area contributed by atoms with E-state index in [1.807, 2.05) is 0 Å². The second kappa shape index (κ2) is 5.26. The highest BCUT2D eigenvalue weighted by molar-refractivity contribution is 7.99. The van der Waals surface area contributed by atoms with Crippen LogP contribution in [0.5, 0.6) is 0 Å². The van der Waals surface area contributed by atoms with Gasteiger partial charge in [0.25, 0.3) is 0 Å². The monoisotopic (exact) mass is 263 g/mol. The number of thioether (sulfide) groups is 1. The summed E-state index contributed by atoms with van der Waals surface area (Å²) >= 11 is 1.40. The SMILES string of the molecule is O=C(CSc1ncccn1)N[C@H]1C[C@H]2CC[C@H]1C2. The smallest absolute Gasteiger partial charge is 0.230 e. The van der Waals surface area contributed by atoms with Gasteiger partial charge in [-0.05, 0) is 37.2 Å². The van der Waals surface area contributed by atoms with Gasteiger partial charge in [0.1, 0.15) is 0 Å². The van der Waals surface area contributed by atoms with Gasteiger partial charge in [0.05, 0.1) is 5.75 Å². The molecule has 1 aromatic heterocycles. The highest BCUT2D eigenvalue weighted by Gasteiger charge is 2.39. The largest absolute Gasteiger partial charge is 0.352 e. The summed E-state index contributed by atoms with van der Waals surface area (Å²) in [6.45, 7) is 0. The first-order chi connectivity index (χ1) is 8.81. The van der Waals surface area contributed by atoms with E-state index in [1.54, 1.807) is 18.5 Å². The number of hydrogen-bond donors (Lipinski definition) is 1. The lowest BCUT2D eigenvalue weighted by atomic mass is 9.95. The maximum absolute atomic E-state index is 11.9. The van der Waals surface area contributed by atoms with Crippen LogP contribution in [0.15, 0.2) is 23.6 Å². The minimum Gasteiger partial charge on any atom is -0.352 e. The molecule has 3 atom stereocenters. The minimum absolute atomic E-state index is 0.116. The van der Waals surface area contributed by atoms with E-state index in [0.29, 0.717) is 17.0 Å². The van der Waals surface area contributed by atoms with E-state index in [2.05, 4.69) is 15.3 Å². The molecule has 2 saturated carbocycles. The molecule has 0 saturated heterocycles. The molecule has 0 unspecified atom stereocenters. The number of amides is 1. The van der Waals surface area contributed by atoms with Gasteiger partial charge in [0.2, 0.25) is 5.91 Å². The van der Waals surface area contributed by atoms with Crippen LogP contribution in [-0.2, 0) is 4.79 Å². The van der Waals surface area contributed by atoms with Crippen molar-refractivity contribution in [3.63, 3.8) is 0 Å². The summed E-state index contributed by atoms with van der Waals surface area (Å²) in [5.41, 5.74) is 0. The van der Waals surface area contributed by atoms with E-state index in [1.165, 1.54) is 37.4 Å². The van der Waals surface area contributed by atoms with Crippen molar-refractivity contribution in [3.05, 3.63) is 18.5 Å². The summed E-state index contributed by atoms with van der Waals surface area (Å²) in [6.07, 6.45) is 8.56. The third-order valence-electron chi connectivity index (χ3n) is 3.96. The molecule has 1 heterocycles. The first kappa shape index (κ1) is 12.0. The summed E-state index contributed by atoms with van der Waals surface area (Å²) < 4.78 is 0. The van der Waals surface area contributed by atoms with Crippen molar-refractivity contribution in [3.8, 4) is 0 Å². The lowest BCUT2D eigenvalue weighted by molar-refractivity contribution is -0.119. The van der Waals surface area contributed by atoms with E-state index < -0.39 is 0 Å². The Kier molecular flexibility index (Phi) is 3.50. The summed E-state index contributed by atoms with van der Waals surface area (Å²) in [4.78, 5) is 20.0. The zero-order chi connectivity index (χ0) is 12.4. The predicted octanol–water partition coefficient (Wildman–Crippen LogP) is 1.87. The van der Waals surface area contributed by atoms with Crippen LogP contribution < -0.4 is 5.32 Å². The molecule has 4 nitrogen and oxygen atoms in total. The Balaban J connectivity index is 1.45. The van der Waals surface area contributed by atoms with Crippen LogP contribution in [-0.4, -0.2) is 27.7 Å². The molecule has 1 N–H and O–H groups in total. The molecule has 0 spiro atoms. The lowest BCUT2D eigenvalue weighted by Crippen LogP contribution is -2.39. The predicted molar refractivity (Wildman–Crippen MR) is 70.1 cm³/mol. The van der Waals surface area contributed by atoms with Crippen molar-refractivity contribution in [2.24, 2.45) is 11.8 Å². The molecule has 0 radical (unpaired) electrons. The fraction of sp³-hybridized carbons (Fsp3) is 0.615. The summed E-state index contributed by atoms with van der Waals surface area (Å²) in [5.74, 6) is 2.13. The number of nitrogens with one attached hydrogen (secondary N) is 1. The second-order valence-corrected chi connectivity index (χ2v) is 6.11. The Morgan fingerprint density at radius 1 is 1.33 bits per heavy atom. The molecule has 2 bridgehead atoms. The van der Waals surface area contributed by atoms with Gasteiger partial charge < -0.3 is 5.32 Å². The molecule has 0 aromatic carbocycles. The van der Waals surface area contributed by atoms with Crippen molar-refractivity contribution in [2.75, 3.05) is 5.75 Å². The van der Waals surface area contributed by atoms with Crippen molar-refractivity contribution in [1.82, 2.24) is 15.3 Å². The molecule has 2 fully saturated rings. The van der Waals surface area contributed by atoms with Crippen molar-refractivity contribution < 1.29 is 4.79 Å². The second-order valence-electron chi connectivity index (χ2n) is 5.17. The molecule has 2 aliphatic carbocycles. The molecule has 2 aliphatic rings. The van der Waals surface area contributed by atoms with Crippen molar-refractivity contribution >= 4 is 17.7 Å². The summed E-state index contributed by atoms with van der Waals surface area (Å²) in [6, 6.07) is 2.20. The number of hydrogen-bond acceptors (Lipinski definition) is 4. The van der Waals surface area contributed by atoms with Crippen molar-refractivity contribution in [2.45, 2.75) is 36.9 Å². The van der Waals surface area contributed by atoms with Gasteiger partial charge in [-0.15, -0.1) is 0 Å². The minimum atomic E-state index is 0.116. The number of carbonyl (C=O) groups excluding carboxylic acids is 1. The van der Waals surface area contributed by atoms with Crippen LogP contribution in [0.1, 0.15) is 25.7 Å². The van der Waals surface area contributed by atoms with Crippen LogP contribution in [0.25, 0.3) is 0 Å². The molecular formula is C13H17N3OS. The maximum Gasteiger partial charge on any atom is 0.230 e. The Hall–Kier alpha value is -1.10. The molecular weight excluding hydrogens is 246 g/mol. The Bertz CT molecular complexity index is 426. The molecule has 96 valence electrons. The summed E-state index contributed by atoms with van der Waals surface area (Å²) in [7, 11) is 0. The highest BCUT2D eigenvalue weighted by atomic mass is 32.2. The van der Waals surface area contributed by atoms with Crippen molar-refractivity contribution in [1.29, 1.82) is 0 Å². The Labute approximate surface area is 111 Å². The Morgan fingerprint density at radius 2 is 2.17 bits per heavy atom. The molecule has 1 aromatic rings. The molecule has 5 heteroatoms. The molecule has 18 heavy (non-hydrogen) atoms. The maximum atomic E-state index is 11.9. The highest BCUT2D eigenvalue weighted by Crippen LogP contribution is 2.44. The van der Waals surface area contributed by atoms with Gasteiger partial charge in [-0.2, -0.15) is 0 Å². The zero-order valence-electron chi connectivity index (χ0n) is 10.2. The fourth-order valence-corrected chi connectivity index (χ4v) is 3.77. The number of nitrogens with zero attached hydrogens (tertiary/aromatic N) is 2. The van der Waals surface area contributed by atoms with E-state index >= 15 is 0 Å². The Morgan fingerprint density at radius 3 is 2.83 bits per heavy atom. The van der Waals surface area contributed by atoms with Crippen LogP contribution in [0, 0.1) is 11.8 Å². The van der Waals surface area contributed by atoms with Crippen LogP contribution in [0.2, 0.25) is 0 Å². The van der Waals surface area contributed by atoms with Crippen LogP contribution >= 0.6 is 11.8 Å². The summed E-state index contributed by atoms with van der Waals surface area (Å²) in [5, 5.41) is 3.83. The standard InChI is InChI=1S/C13H17N3OS/c17-12(8-18-13-14-4-1-5-15-13)16-11-7-9-2-3-10(11)6-9/h1,4-5,9-11H,2-3,6-8H2,(H,16,17)/t9-,10-,11-/m0/s1. The number of fused-ring (bicyclic) bond motifs is 2. The van der Waals surface area contributed by atoms with Gasteiger partial charge in [-0.1, -0.05) is 18.2 Å². The number of aromatic nitrogens is 2. The van der Waals surface area contributed by atoms with Gasteiger partial charge >= 0.3 is 0 Å². The average molecular weight is 263 g/mol.